The van der Waals surface area contributed by atoms with Crippen LogP contribution >= 0.6 is 11.8 Å². The van der Waals surface area contributed by atoms with Gasteiger partial charge in [0.05, 0.1) is 16.3 Å². The van der Waals surface area contributed by atoms with Crippen molar-refractivity contribution < 1.29 is 13.2 Å². The lowest BCUT2D eigenvalue weighted by molar-refractivity contribution is 0.102. The predicted octanol–water partition coefficient (Wildman–Crippen LogP) is 1.69. The van der Waals surface area contributed by atoms with Crippen LogP contribution in [0, 0.1) is 0 Å². The molecule has 0 bridgehead atoms. The van der Waals surface area contributed by atoms with Crippen molar-refractivity contribution in [2.75, 3.05) is 5.75 Å². The van der Waals surface area contributed by atoms with Crippen molar-refractivity contribution >= 4 is 27.6 Å². The number of hydrogen-bond donors (Lipinski definition) is 2. The lowest BCUT2D eigenvalue weighted by atomic mass is 9.92. The highest BCUT2D eigenvalue weighted by Crippen LogP contribution is 2.21. The number of ketones is 1. The lowest BCUT2D eigenvalue weighted by Gasteiger charge is -2.17. The number of benzene rings is 1. The number of H-pyrrole nitrogens is 1. The number of primary sulfonamides is 1. The van der Waals surface area contributed by atoms with Crippen molar-refractivity contribution in [2.45, 2.75) is 36.2 Å². The fourth-order valence-corrected chi connectivity index (χ4v) is 3.28. The lowest BCUT2D eigenvalue weighted by Crippen LogP contribution is -2.20. The van der Waals surface area contributed by atoms with Gasteiger partial charge in [-0.05, 0) is 12.1 Å². The Morgan fingerprint density at radius 3 is 2.56 bits per heavy atom. The number of nitrogens with one attached hydrogen (secondary N) is 1. The molecule has 2 aromatic rings. The Kier molecular flexibility index (Phi) is 5.50. The van der Waals surface area contributed by atoms with Gasteiger partial charge in [0.25, 0.3) is 5.56 Å². The fourth-order valence-electron chi connectivity index (χ4n) is 1.95. The Morgan fingerprint density at radius 1 is 1.28 bits per heavy atom. The number of carbonyl (C=O) groups excluding carboxylic acids is 1. The number of rotatable bonds is 5. The maximum atomic E-state index is 12.3. The highest BCUT2D eigenvalue weighted by atomic mass is 32.2. The standard InChI is InChI=1S/C16H19N3O4S2/c1-16(2,3)13-8-14(21)19-15(18-13)24-9-12(20)10-5-4-6-11(7-10)25(17,22)23/h4-8H,9H2,1-3H3,(H2,17,22,23)(H,18,19,21). The van der Waals surface area contributed by atoms with Gasteiger partial charge in [-0.1, -0.05) is 44.7 Å². The Hall–Kier alpha value is -1.97. The van der Waals surface area contributed by atoms with E-state index in [-0.39, 0.29) is 33.0 Å². The second kappa shape index (κ2) is 7.11. The molecule has 0 aliphatic carbocycles. The average molecular weight is 381 g/mol. The topological polar surface area (TPSA) is 123 Å². The van der Waals surface area contributed by atoms with Crippen LogP contribution in [0.4, 0.5) is 0 Å². The van der Waals surface area contributed by atoms with E-state index in [1.54, 1.807) is 0 Å². The van der Waals surface area contributed by atoms with Crippen LogP contribution in [0.5, 0.6) is 0 Å². The molecule has 0 aliphatic heterocycles. The molecule has 0 fully saturated rings. The maximum Gasteiger partial charge on any atom is 0.251 e. The van der Waals surface area contributed by atoms with Gasteiger partial charge in [0.1, 0.15) is 0 Å². The van der Waals surface area contributed by atoms with Crippen LogP contribution in [0.25, 0.3) is 0 Å². The first kappa shape index (κ1) is 19.4. The van der Waals surface area contributed by atoms with Gasteiger partial charge in [-0.15, -0.1) is 0 Å². The van der Waals surface area contributed by atoms with E-state index in [0.29, 0.717) is 10.9 Å². The second-order valence-corrected chi connectivity index (χ2v) is 9.00. The summed E-state index contributed by atoms with van der Waals surface area (Å²) in [6.45, 7) is 5.81. The van der Waals surface area contributed by atoms with Crippen molar-refractivity contribution in [1.82, 2.24) is 9.97 Å². The molecule has 0 saturated heterocycles. The zero-order chi connectivity index (χ0) is 18.8. The molecule has 3 N–H and O–H groups in total. The predicted molar refractivity (Wildman–Crippen MR) is 96.4 cm³/mol. The van der Waals surface area contributed by atoms with Crippen molar-refractivity contribution in [3.05, 3.63) is 51.9 Å². The summed E-state index contributed by atoms with van der Waals surface area (Å²) in [6.07, 6.45) is 0. The first-order valence-electron chi connectivity index (χ1n) is 7.37. The van der Waals surface area contributed by atoms with E-state index < -0.39 is 10.0 Å². The molecule has 1 aromatic carbocycles. The number of nitrogens with two attached hydrogens (primary N) is 1. The second-order valence-electron chi connectivity index (χ2n) is 6.47. The van der Waals surface area contributed by atoms with Gasteiger partial charge < -0.3 is 4.98 Å². The number of hydrogen-bond acceptors (Lipinski definition) is 6. The molecule has 0 radical (unpaired) electrons. The number of thioether (sulfide) groups is 1. The molecule has 0 saturated carbocycles. The van der Waals surface area contributed by atoms with Crippen molar-refractivity contribution in [3.8, 4) is 0 Å². The van der Waals surface area contributed by atoms with Gasteiger partial charge in [0, 0.05) is 17.0 Å². The van der Waals surface area contributed by atoms with Crippen LogP contribution in [0.3, 0.4) is 0 Å². The smallest absolute Gasteiger partial charge is 0.251 e. The van der Waals surface area contributed by atoms with E-state index in [4.69, 9.17) is 5.14 Å². The van der Waals surface area contributed by atoms with Gasteiger partial charge in [-0.2, -0.15) is 0 Å². The van der Waals surface area contributed by atoms with E-state index in [9.17, 15) is 18.0 Å². The van der Waals surface area contributed by atoms with E-state index in [1.807, 2.05) is 20.8 Å². The number of aromatic nitrogens is 2. The largest absolute Gasteiger partial charge is 0.301 e. The van der Waals surface area contributed by atoms with Crippen molar-refractivity contribution in [3.63, 3.8) is 0 Å². The van der Waals surface area contributed by atoms with E-state index >= 15 is 0 Å². The minimum atomic E-state index is -3.87. The molecule has 134 valence electrons. The molecule has 0 atom stereocenters. The Morgan fingerprint density at radius 2 is 1.96 bits per heavy atom. The van der Waals surface area contributed by atoms with E-state index in [0.717, 1.165) is 11.8 Å². The van der Waals surface area contributed by atoms with Gasteiger partial charge in [-0.25, -0.2) is 18.5 Å². The Labute approximate surface area is 150 Å². The van der Waals surface area contributed by atoms with Crippen LogP contribution in [0.15, 0.2) is 45.2 Å². The highest BCUT2D eigenvalue weighted by Gasteiger charge is 2.18. The first-order chi connectivity index (χ1) is 11.5. The average Bonchev–Trinajstić information content (AvgIpc) is 2.50. The third kappa shape index (κ3) is 5.25. The minimum Gasteiger partial charge on any atom is -0.301 e. The normalized spacial score (nSPS) is 12.2. The van der Waals surface area contributed by atoms with Gasteiger partial charge in [-0.3, -0.25) is 9.59 Å². The van der Waals surface area contributed by atoms with Crippen molar-refractivity contribution in [2.24, 2.45) is 5.14 Å². The van der Waals surface area contributed by atoms with E-state index in [1.165, 1.54) is 30.3 Å². The first-order valence-corrected chi connectivity index (χ1v) is 9.91. The molecule has 0 spiro atoms. The summed E-state index contributed by atoms with van der Waals surface area (Å²) in [5, 5.41) is 5.41. The molecular formula is C16H19N3O4S2. The third-order valence-electron chi connectivity index (χ3n) is 3.31. The van der Waals surface area contributed by atoms with Crippen LogP contribution in [0.1, 0.15) is 36.8 Å². The Balaban J connectivity index is 2.18. The molecule has 25 heavy (non-hydrogen) atoms. The summed E-state index contributed by atoms with van der Waals surface area (Å²) in [4.78, 5) is 30.9. The van der Waals surface area contributed by atoms with Crippen LogP contribution in [-0.4, -0.2) is 29.9 Å². The quantitative estimate of drug-likeness (QED) is 0.461. The summed E-state index contributed by atoms with van der Waals surface area (Å²) in [6, 6.07) is 6.96. The molecule has 9 heteroatoms. The highest BCUT2D eigenvalue weighted by molar-refractivity contribution is 7.99. The van der Waals surface area contributed by atoms with Gasteiger partial charge in [0.15, 0.2) is 10.9 Å². The summed E-state index contributed by atoms with van der Waals surface area (Å²) in [5.41, 5.74) is 0.277. The monoisotopic (exact) mass is 381 g/mol. The molecule has 1 aromatic heterocycles. The number of nitrogens with zero attached hydrogens (tertiary/aromatic N) is 1. The summed E-state index contributed by atoms with van der Waals surface area (Å²) in [7, 11) is -3.87. The summed E-state index contributed by atoms with van der Waals surface area (Å²) in [5.74, 6) is -0.288. The molecule has 7 nitrogen and oxygen atoms in total. The molecule has 1 heterocycles. The zero-order valence-electron chi connectivity index (χ0n) is 14.1. The number of carbonyl (C=O) groups is 1. The molecule has 0 aliphatic rings. The third-order valence-corrected chi connectivity index (χ3v) is 5.10. The number of Topliss-reactive ketones (excluding diaryl/α,β-unsaturated/α-hetero) is 1. The minimum absolute atomic E-state index is 0.00457. The maximum absolute atomic E-state index is 12.3. The molecular weight excluding hydrogens is 362 g/mol. The zero-order valence-corrected chi connectivity index (χ0v) is 15.7. The van der Waals surface area contributed by atoms with Crippen LogP contribution in [0.2, 0.25) is 0 Å². The number of sulfonamides is 1. The van der Waals surface area contributed by atoms with Crippen LogP contribution in [-0.2, 0) is 15.4 Å². The fraction of sp³-hybridized carbons (Fsp3) is 0.312. The van der Waals surface area contributed by atoms with Gasteiger partial charge >= 0.3 is 0 Å². The SMILES string of the molecule is CC(C)(C)c1cc(=O)[nH]c(SCC(=O)c2cccc(S(N)(=O)=O)c2)n1. The summed E-state index contributed by atoms with van der Waals surface area (Å²) < 4.78 is 22.7. The van der Waals surface area contributed by atoms with Gasteiger partial charge in [0.2, 0.25) is 10.0 Å². The summed E-state index contributed by atoms with van der Waals surface area (Å²) >= 11 is 1.08. The Bertz CT molecular complexity index is 960. The number of aromatic amines is 1. The molecule has 2 rings (SSSR count). The van der Waals surface area contributed by atoms with Crippen molar-refractivity contribution in [1.29, 1.82) is 0 Å². The molecule has 0 amide bonds. The molecule has 0 unspecified atom stereocenters. The van der Waals surface area contributed by atoms with E-state index in [2.05, 4.69) is 9.97 Å². The van der Waals surface area contributed by atoms with Crippen LogP contribution < -0.4 is 10.7 Å².